The lowest BCUT2D eigenvalue weighted by Gasteiger charge is -2.09. The van der Waals surface area contributed by atoms with Gasteiger partial charge in [0, 0.05) is 11.4 Å². The number of thiazole rings is 1. The summed E-state index contributed by atoms with van der Waals surface area (Å²) in [6.45, 7) is 8.48. The molecule has 1 aromatic heterocycles. The lowest BCUT2D eigenvalue weighted by atomic mass is 10.2. The summed E-state index contributed by atoms with van der Waals surface area (Å²) in [4.78, 5) is 5.84. The smallest absolute Gasteiger partial charge is 0.107 e. The number of aromatic nitrogens is 1. The van der Waals surface area contributed by atoms with E-state index < -0.39 is 0 Å². The molecule has 0 aromatic carbocycles. The number of rotatable bonds is 6. The molecule has 0 bridgehead atoms. The Bertz CT molecular complexity index is 277. The molecule has 4 heteroatoms. The van der Waals surface area contributed by atoms with Crippen LogP contribution in [0.2, 0.25) is 0 Å². The van der Waals surface area contributed by atoms with Crippen molar-refractivity contribution in [1.82, 2.24) is 10.3 Å². The molecule has 1 heterocycles. The molecule has 0 aliphatic rings. The van der Waals surface area contributed by atoms with Gasteiger partial charge in [0.2, 0.25) is 0 Å². The molecule has 1 atom stereocenters. The predicted molar refractivity (Wildman–Crippen MR) is 70.8 cm³/mol. The molecule has 0 aliphatic carbocycles. The maximum Gasteiger partial charge on any atom is 0.107 e. The second-order valence-corrected chi connectivity index (χ2v) is 6.14. The Kier molecular flexibility index (Phi) is 5.64. The molecule has 15 heavy (non-hydrogen) atoms. The third-order valence-corrected chi connectivity index (χ3v) is 4.27. The molecule has 0 fully saturated rings. The second-order valence-electron chi connectivity index (χ2n) is 3.94. The van der Waals surface area contributed by atoms with Crippen molar-refractivity contribution in [3.8, 4) is 0 Å². The number of hydrogen-bond acceptors (Lipinski definition) is 4. The fourth-order valence-corrected chi connectivity index (χ4v) is 2.97. The van der Waals surface area contributed by atoms with E-state index in [1.807, 2.05) is 11.8 Å². The molecule has 0 aliphatic heterocycles. The first kappa shape index (κ1) is 13.0. The first-order valence-corrected chi connectivity index (χ1v) is 7.47. The summed E-state index contributed by atoms with van der Waals surface area (Å²) in [6, 6.07) is 0. The Morgan fingerprint density at radius 2 is 2.20 bits per heavy atom. The van der Waals surface area contributed by atoms with Crippen molar-refractivity contribution in [3.63, 3.8) is 0 Å². The average molecular weight is 244 g/mol. The van der Waals surface area contributed by atoms with Gasteiger partial charge in [0.1, 0.15) is 5.01 Å². The lowest BCUT2D eigenvalue weighted by molar-refractivity contribution is 0.558. The van der Waals surface area contributed by atoms with Gasteiger partial charge >= 0.3 is 0 Å². The second kappa shape index (κ2) is 6.51. The highest BCUT2D eigenvalue weighted by Crippen LogP contribution is 2.16. The van der Waals surface area contributed by atoms with Gasteiger partial charge in [0.25, 0.3) is 0 Å². The van der Waals surface area contributed by atoms with Gasteiger partial charge in [0.15, 0.2) is 0 Å². The predicted octanol–water partition coefficient (Wildman–Crippen LogP) is 2.85. The average Bonchev–Trinajstić information content (AvgIpc) is 2.46. The zero-order valence-corrected chi connectivity index (χ0v) is 11.6. The molecular weight excluding hydrogens is 224 g/mol. The van der Waals surface area contributed by atoms with Crippen LogP contribution in [-0.2, 0) is 6.54 Å². The zero-order chi connectivity index (χ0) is 11.3. The van der Waals surface area contributed by atoms with Gasteiger partial charge in [0.05, 0.1) is 5.69 Å². The Morgan fingerprint density at radius 1 is 1.47 bits per heavy atom. The number of nitrogens with zero attached hydrogens (tertiary/aromatic N) is 1. The summed E-state index contributed by atoms with van der Waals surface area (Å²) in [7, 11) is 0. The van der Waals surface area contributed by atoms with E-state index >= 15 is 0 Å². The van der Waals surface area contributed by atoms with Crippen molar-refractivity contribution in [1.29, 1.82) is 0 Å². The topological polar surface area (TPSA) is 24.9 Å². The van der Waals surface area contributed by atoms with Crippen molar-refractivity contribution in [3.05, 3.63) is 15.6 Å². The molecule has 1 rings (SSSR count). The third-order valence-electron chi connectivity index (χ3n) is 2.29. The van der Waals surface area contributed by atoms with Crippen molar-refractivity contribution in [2.45, 2.75) is 27.3 Å². The highest BCUT2D eigenvalue weighted by atomic mass is 32.2. The van der Waals surface area contributed by atoms with E-state index in [1.54, 1.807) is 11.3 Å². The molecule has 1 unspecified atom stereocenters. The largest absolute Gasteiger partial charge is 0.310 e. The summed E-state index contributed by atoms with van der Waals surface area (Å²) < 4.78 is 0. The molecule has 0 radical (unpaired) electrons. The van der Waals surface area contributed by atoms with Crippen LogP contribution in [0.5, 0.6) is 0 Å². The fraction of sp³-hybridized carbons (Fsp3) is 0.727. The molecule has 1 N–H and O–H groups in total. The van der Waals surface area contributed by atoms with Gasteiger partial charge in [-0.15, -0.1) is 11.3 Å². The van der Waals surface area contributed by atoms with E-state index in [0.717, 1.165) is 19.0 Å². The molecule has 0 saturated heterocycles. The molecule has 1 aromatic rings. The van der Waals surface area contributed by atoms with Gasteiger partial charge in [-0.05, 0) is 38.3 Å². The number of nitrogens with one attached hydrogen (secondary N) is 1. The van der Waals surface area contributed by atoms with E-state index in [1.165, 1.54) is 21.3 Å². The van der Waals surface area contributed by atoms with Crippen LogP contribution >= 0.6 is 23.1 Å². The van der Waals surface area contributed by atoms with Crippen LogP contribution in [0, 0.1) is 19.8 Å². The van der Waals surface area contributed by atoms with Crippen molar-refractivity contribution in [2.75, 3.05) is 18.6 Å². The van der Waals surface area contributed by atoms with Gasteiger partial charge in [-0.1, -0.05) is 6.92 Å². The summed E-state index contributed by atoms with van der Waals surface area (Å²) in [5.74, 6) is 1.96. The highest BCUT2D eigenvalue weighted by molar-refractivity contribution is 7.98. The number of thioether (sulfide) groups is 1. The highest BCUT2D eigenvalue weighted by Gasteiger charge is 2.04. The summed E-state index contributed by atoms with van der Waals surface area (Å²) in [5, 5.41) is 4.67. The van der Waals surface area contributed by atoms with E-state index in [4.69, 9.17) is 0 Å². The maximum atomic E-state index is 4.50. The van der Waals surface area contributed by atoms with Crippen LogP contribution in [0.25, 0.3) is 0 Å². The van der Waals surface area contributed by atoms with Gasteiger partial charge in [-0.2, -0.15) is 11.8 Å². The summed E-state index contributed by atoms with van der Waals surface area (Å²) in [6.07, 6.45) is 2.16. The summed E-state index contributed by atoms with van der Waals surface area (Å²) >= 11 is 3.71. The van der Waals surface area contributed by atoms with Gasteiger partial charge in [-0.25, -0.2) is 4.98 Å². The molecular formula is C11H20N2S2. The third kappa shape index (κ3) is 4.53. The summed E-state index contributed by atoms with van der Waals surface area (Å²) in [5.41, 5.74) is 1.17. The maximum absolute atomic E-state index is 4.50. The normalized spacial score (nSPS) is 13.1. The minimum Gasteiger partial charge on any atom is -0.310 e. The Hall–Kier alpha value is -0.0600. The van der Waals surface area contributed by atoms with E-state index in [2.05, 4.69) is 37.3 Å². The zero-order valence-electron chi connectivity index (χ0n) is 9.96. The van der Waals surface area contributed by atoms with E-state index in [0.29, 0.717) is 0 Å². The van der Waals surface area contributed by atoms with Crippen LogP contribution < -0.4 is 5.32 Å². The van der Waals surface area contributed by atoms with Crippen LogP contribution in [0.3, 0.4) is 0 Å². The molecule has 86 valence electrons. The fourth-order valence-electron chi connectivity index (χ4n) is 1.38. The Labute approximate surface area is 101 Å². The minimum atomic E-state index is 0.738. The van der Waals surface area contributed by atoms with E-state index in [9.17, 15) is 0 Å². The standard InChI is InChI=1S/C11H20N2S2/c1-8(7-14-4)5-12-6-11-13-9(2)10(3)15-11/h8,12H,5-7H2,1-4H3. The Balaban J connectivity index is 2.25. The van der Waals surface area contributed by atoms with Crippen LogP contribution in [-0.4, -0.2) is 23.5 Å². The first-order valence-electron chi connectivity index (χ1n) is 5.26. The minimum absolute atomic E-state index is 0.738. The van der Waals surface area contributed by atoms with Crippen molar-refractivity contribution < 1.29 is 0 Å². The quantitative estimate of drug-likeness (QED) is 0.833. The first-order chi connectivity index (χ1) is 7.13. The number of hydrogen-bond donors (Lipinski definition) is 1. The van der Waals surface area contributed by atoms with Crippen LogP contribution in [0.1, 0.15) is 22.5 Å². The Morgan fingerprint density at radius 3 is 2.73 bits per heavy atom. The molecule has 0 saturated carbocycles. The molecule has 2 nitrogen and oxygen atoms in total. The van der Waals surface area contributed by atoms with Gasteiger partial charge < -0.3 is 5.32 Å². The number of aryl methyl sites for hydroxylation is 2. The molecule has 0 spiro atoms. The van der Waals surface area contributed by atoms with Crippen molar-refractivity contribution in [2.24, 2.45) is 5.92 Å². The lowest BCUT2D eigenvalue weighted by Crippen LogP contribution is -2.21. The van der Waals surface area contributed by atoms with Crippen LogP contribution in [0.15, 0.2) is 0 Å². The SMILES string of the molecule is CSCC(C)CNCc1nc(C)c(C)s1. The van der Waals surface area contributed by atoms with Crippen molar-refractivity contribution >= 4 is 23.1 Å². The van der Waals surface area contributed by atoms with E-state index in [-0.39, 0.29) is 0 Å². The van der Waals surface area contributed by atoms with Gasteiger partial charge in [-0.3, -0.25) is 0 Å². The monoisotopic (exact) mass is 244 g/mol. The van der Waals surface area contributed by atoms with Crippen LogP contribution in [0.4, 0.5) is 0 Å². The molecule has 0 amide bonds.